The fraction of sp³-hybridized carbons (Fsp3) is 0.600. The van der Waals surface area contributed by atoms with Gasteiger partial charge >= 0.3 is 0 Å². The predicted octanol–water partition coefficient (Wildman–Crippen LogP) is 1.80. The Morgan fingerprint density at radius 3 is 2.89 bits per heavy atom. The van der Waals surface area contributed by atoms with Gasteiger partial charge in [0, 0.05) is 74.9 Å². The molecule has 0 radical (unpaired) electrons. The van der Waals surface area contributed by atoms with Crippen LogP contribution in [0, 0.1) is 0 Å². The zero-order chi connectivity index (χ0) is 19.5. The van der Waals surface area contributed by atoms with Gasteiger partial charge in [-0.2, -0.15) is 0 Å². The maximum absolute atomic E-state index is 12.5. The number of methoxy groups -OCH3 is 1. The SMILES string of the molecule is COc1cc(CCC(=O)N2CCC(c3ncc4c(n3)CCN(C)C4)CC2)on1. The highest BCUT2D eigenvalue weighted by Crippen LogP contribution is 2.27. The van der Waals surface area contributed by atoms with Gasteiger partial charge in [0.2, 0.25) is 5.91 Å². The highest BCUT2D eigenvalue weighted by molar-refractivity contribution is 5.76. The molecule has 0 atom stereocenters. The number of hydrogen-bond acceptors (Lipinski definition) is 7. The van der Waals surface area contributed by atoms with Crippen LogP contribution in [-0.2, 0) is 24.2 Å². The molecule has 8 heteroatoms. The number of ether oxygens (including phenoxy) is 1. The summed E-state index contributed by atoms with van der Waals surface area (Å²) in [6, 6.07) is 1.73. The van der Waals surface area contributed by atoms with Crippen LogP contribution in [0.4, 0.5) is 0 Å². The van der Waals surface area contributed by atoms with Crippen molar-refractivity contribution in [2.45, 2.75) is 44.6 Å². The summed E-state index contributed by atoms with van der Waals surface area (Å²) in [5.74, 6) is 2.56. The van der Waals surface area contributed by atoms with Crippen molar-refractivity contribution in [2.24, 2.45) is 0 Å². The predicted molar refractivity (Wildman–Crippen MR) is 102 cm³/mol. The molecular weight excluding hydrogens is 358 g/mol. The normalized spacial score (nSPS) is 18.1. The minimum atomic E-state index is 0.156. The van der Waals surface area contributed by atoms with Crippen LogP contribution in [0.5, 0.6) is 5.88 Å². The molecule has 0 aliphatic carbocycles. The molecule has 2 aliphatic rings. The van der Waals surface area contributed by atoms with Crippen molar-refractivity contribution in [1.82, 2.24) is 24.9 Å². The largest absolute Gasteiger partial charge is 0.479 e. The minimum Gasteiger partial charge on any atom is -0.479 e. The molecule has 2 aromatic rings. The smallest absolute Gasteiger partial charge is 0.254 e. The molecule has 0 bridgehead atoms. The number of rotatable bonds is 5. The second-order valence-corrected chi connectivity index (χ2v) is 7.68. The Kier molecular flexibility index (Phi) is 5.57. The summed E-state index contributed by atoms with van der Waals surface area (Å²) in [5.41, 5.74) is 2.44. The quantitative estimate of drug-likeness (QED) is 0.776. The molecule has 0 unspecified atom stereocenters. The molecule has 2 aromatic heterocycles. The van der Waals surface area contributed by atoms with Crippen molar-refractivity contribution in [3.05, 3.63) is 35.1 Å². The maximum atomic E-state index is 12.5. The zero-order valence-electron chi connectivity index (χ0n) is 16.6. The van der Waals surface area contributed by atoms with Crippen LogP contribution in [-0.4, -0.2) is 64.6 Å². The Hall–Kier alpha value is -2.48. The molecule has 0 spiro atoms. The van der Waals surface area contributed by atoms with Crippen molar-refractivity contribution in [3.63, 3.8) is 0 Å². The fourth-order valence-electron chi connectivity index (χ4n) is 3.95. The molecule has 1 amide bonds. The number of likely N-dealkylation sites (N-methyl/N-ethyl adjacent to an activating group) is 1. The minimum absolute atomic E-state index is 0.156. The van der Waals surface area contributed by atoms with E-state index >= 15 is 0 Å². The zero-order valence-corrected chi connectivity index (χ0v) is 16.6. The summed E-state index contributed by atoms with van der Waals surface area (Å²) in [7, 11) is 3.67. The number of nitrogens with zero attached hydrogens (tertiary/aromatic N) is 5. The summed E-state index contributed by atoms with van der Waals surface area (Å²) >= 11 is 0. The highest BCUT2D eigenvalue weighted by Gasteiger charge is 2.26. The van der Waals surface area contributed by atoms with Crippen LogP contribution >= 0.6 is 0 Å². The Morgan fingerprint density at radius 1 is 1.32 bits per heavy atom. The topological polar surface area (TPSA) is 84.6 Å². The van der Waals surface area contributed by atoms with Crippen LogP contribution < -0.4 is 4.74 Å². The maximum Gasteiger partial charge on any atom is 0.254 e. The van der Waals surface area contributed by atoms with Crippen molar-refractivity contribution in [3.8, 4) is 5.88 Å². The first-order valence-corrected chi connectivity index (χ1v) is 9.93. The van der Waals surface area contributed by atoms with Crippen LogP contribution in [0.25, 0.3) is 0 Å². The van der Waals surface area contributed by atoms with Gasteiger partial charge in [0.05, 0.1) is 7.11 Å². The number of hydrogen-bond donors (Lipinski definition) is 0. The second-order valence-electron chi connectivity index (χ2n) is 7.68. The summed E-state index contributed by atoms with van der Waals surface area (Å²) in [6.07, 6.45) is 5.78. The van der Waals surface area contributed by atoms with E-state index in [9.17, 15) is 4.79 Å². The van der Waals surface area contributed by atoms with Gasteiger partial charge in [-0.3, -0.25) is 4.79 Å². The van der Waals surface area contributed by atoms with Crippen molar-refractivity contribution < 1.29 is 14.1 Å². The summed E-state index contributed by atoms with van der Waals surface area (Å²) in [6.45, 7) is 3.49. The molecule has 0 N–H and O–H groups in total. The lowest BCUT2D eigenvalue weighted by Gasteiger charge is -2.32. The third kappa shape index (κ3) is 4.16. The molecular formula is C20H27N5O3. The third-order valence-electron chi connectivity index (χ3n) is 5.69. The number of amides is 1. The van der Waals surface area contributed by atoms with Gasteiger partial charge in [-0.05, 0) is 25.0 Å². The van der Waals surface area contributed by atoms with E-state index in [0.717, 1.165) is 51.3 Å². The van der Waals surface area contributed by atoms with Gasteiger partial charge < -0.3 is 19.1 Å². The first-order valence-electron chi connectivity index (χ1n) is 9.93. The fourth-order valence-corrected chi connectivity index (χ4v) is 3.95. The summed E-state index contributed by atoms with van der Waals surface area (Å²) in [5, 5.41) is 3.76. The standard InChI is InChI=1S/C20H27N5O3/c1-24-8-7-17-15(13-24)12-21-20(22-17)14-5-9-25(10-6-14)19(26)4-3-16-11-18(27-2)23-28-16/h11-12,14H,3-10,13H2,1-2H3. The Bertz CT molecular complexity index is 829. The highest BCUT2D eigenvalue weighted by atomic mass is 16.5. The molecule has 8 nitrogen and oxygen atoms in total. The van der Waals surface area contributed by atoms with Gasteiger partial charge in [-0.1, -0.05) is 0 Å². The number of fused-ring (bicyclic) bond motifs is 1. The lowest BCUT2D eigenvalue weighted by molar-refractivity contribution is -0.132. The molecule has 1 saturated heterocycles. The van der Waals surface area contributed by atoms with Crippen molar-refractivity contribution in [2.75, 3.05) is 33.8 Å². The van der Waals surface area contributed by atoms with Gasteiger partial charge in [0.1, 0.15) is 11.6 Å². The summed E-state index contributed by atoms with van der Waals surface area (Å²) in [4.78, 5) is 26.2. The Balaban J connectivity index is 1.29. The van der Waals surface area contributed by atoms with Crippen LogP contribution in [0.1, 0.15) is 48.0 Å². The monoisotopic (exact) mass is 385 g/mol. The molecule has 0 saturated carbocycles. The van der Waals surface area contributed by atoms with E-state index in [2.05, 4.69) is 22.1 Å². The van der Waals surface area contributed by atoms with E-state index in [0.29, 0.717) is 30.4 Å². The third-order valence-corrected chi connectivity index (χ3v) is 5.69. The Labute approximate surface area is 164 Å². The number of piperidine rings is 1. The summed E-state index contributed by atoms with van der Waals surface area (Å²) < 4.78 is 10.2. The van der Waals surface area contributed by atoms with Crippen LogP contribution in [0.2, 0.25) is 0 Å². The van der Waals surface area contributed by atoms with Crippen LogP contribution in [0.15, 0.2) is 16.8 Å². The molecule has 2 aliphatic heterocycles. The van der Waals surface area contributed by atoms with Gasteiger partial charge in [-0.15, -0.1) is 0 Å². The van der Waals surface area contributed by atoms with E-state index in [1.165, 1.54) is 11.3 Å². The van der Waals surface area contributed by atoms with Crippen molar-refractivity contribution >= 4 is 5.91 Å². The van der Waals surface area contributed by atoms with Gasteiger partial charge in [0.15, 0.2) is 0 Å². The Morgan fingerprint density at radius 2 is 2.14 bits per heavy atom. The second kappa shape index (κ2) is 8.26. The molecule has 0 aromatic carbocycles. The number of carbonyl (C=O) groups is 1. The number of aromatic nitrogens is 3. The molecule has 4 heterocycles. The first-order chi connectivity index (χ1) is 13.6. The molecule has 4 rings (SSSR count). The number of carbonyl (C=O) groups excluding carboxylic acids is 1. The van der Waals surface area contributed by atoms with Crippen molar-refractivity contribution in [1.29, 1.82) is 0 Å². The number of likely N-dealkylation sites (tertiary alicyclic amines) is 1. The van der Waals surface area contributed by atoms with E-state index < -0.39 is 0 Å². The van der Waals surface area contributed by atoms with E-state index in [4.69, 9.17) is 14.2 Å². The lowest BCUT2D eigenvalue weighted by Crippen LogP contribution is -2.38. The number of aryl methyl sites for hydroxylation is 1. The van der Waals surface area contributed by atoms with E-state index in [1.807, 2.05) is 11.1 Å². The van der Waals surface area contributed by atoms with Crippen LogP contribution in [0.3, 0.4) is 0 Å². The lowest BCUT2D eigenvalue weighted by atomic mass is 9.95. The first kappa shape index (κ1) is 18.9. The molecule has 1 fully saturated rings. The molecule has 150 valence electrons. The average molecular weight is 385 g/mol. The van der Waals surface area contributed by atoms with Gasteiger partial charge in [0.25, 0.3) is 5.88 Å². The molecule has 28 heavy (non-hydrogen) atoms. The average Bonchev–Trinajstić information content (AvgIpc) is 3.20. The van der Waals surface area contributed by atoms with E-state index in [-0.39, 0.29) is 5.91 Å². The van der Waals surface area contributed by atoms with Gasteiger partial charge in [-0.25, -0.2) is 9.97 Å². The van der Waals surface area contributed by atoms with E-state index in [1.54, 1.807) is 13.2 Å².